The summed E-state index contributed by atoms with van der Waals surface area (Å²) in [6.07, 6.45) is -0.329. The Labute approximate surface area is 121 Å². The van der Waals surface area contributed by atoms with Crippen LogP contribution in [0.3, 0.4) is 0 Å². The monoisotopic (exact) mass is 300 g/mol. The number of nitrogens with zero attached hydrogens (tertiary/aromatic N) is 4. The van der Waals surface area contributed by atoms with Crippen LogP contribution < -0.4 is 11.1 Å². The molecule has 9 heteroatoms. The van der Waals surface area contributed by atoms with E-state index in [1.54, 1.807) is 4.90 Å². The topological polar surface area (TPSA) is 106 Å². The van der Waals surface area contributed by atoms with Gasteiger partial charge in [0, 0.05) is 13.1 Å². The van der Waals surface area contributed by atoms with Crippen molar-refractivity contribution in [2.75, 3.05) is 24.1 Å². The highest BCUT2D eigenvalue weighted by atomic mass is 35.5. The summed E-state index contributed by atoms with van der Waals surface area (Å²) >= 11 is 5.63. The van der Waals surface area contributed by atoms with E-state index < -0.39 is 5.60 Å². The van der Waals surface area contributed by atoms with Gasteiger partial charge < -0.3 is 20.7 Å². The minimum absolute atomic E-state index is 0.0462. The van der Waals surface area contributed by atoms with E-state index in [1.165, 1.54) is 0 Å². The third-order valence-corrected chi connectivity index (χ3v) is 2.81. The average Bonchev–Trinajstić information content (AvgIpc) is 2.25. The summed E-state index contributed by atoms with van der Waals surface area (Å²) in [6, 6.07) is 0.0462. The first-order valence-electron chi connectivity index (χ1n) is 6.15. The third-order valence-electron chi connectivity index (χ3n) is 2.54. The van der Waals surface area contributed by atoms with Crippen LogP contribution in [-0.2, 0) is 4.74 Å². The highest BCUT2D eigenvalue weighted by molar-refractivity contribution is 6.31. The Morgan fingerprint density at radius 1 is 1.45 bits per heavy atom. The van der Waals surface area contributed by atoms with E-state index in [0.29, 0.717) is 19.0 Å². The van der Waals surface area contributed by atoms with Gasteiger partial charge in [0.25, 0.3) is 0 Å². The van der Waals surface area contributed by atoms with Crippen LogP contribution in [0, 0.1) is 0 Å². The second-order valence-corrected chi connectivity index (χ2v) is 5.90. The van der Waals surface area contributed by atoms with Crippen molar-refractivity contribution in [1.82, 2.24) is 20.1 Å². The zero-order valence-corrected chi connectivity index (χ0v) is 12.3. The maximum atomic E-state index is 11.7. The molecule has 2 rings (SSSR count). The molecule has 110 valence electrons. The average molecular weight is 301 g/mol. The van der Waals surface area contributed by atoms with E-state index in [1.807, 2.05) is 20.8 Å². The minimum atomic E-state index is -0.493. The first kappa shape index (κ1) is 14.6. The Balaban J connectivity index is 1.82. The van der Waals surface area contributed by atoms with Crippen molar-refractivity contribution in [3.63, 3.8) is 0 Å². The number of hydrogen-bond donors (Lipinski definition) is 2. The van der Waals surface area contributed by atoms with Gasteiger partial charge in [-0.25, -0.2) is 4.79 Å². The standard InChI is InChI=1S/C11H17ClN6O2/c1-11(2,3)20-10(19)18-4-6(5-18)14-9-15-8(13)7(12)16-17-9/h6H,4-5H2,1-3H3,(H3,13,14,15,17). The van der Waals surface area contributed by atoms with E-state index in [9.17, 15) is 4.79 Å². The normalized spacial score (nSPS) is 15.7. The van der Waals surface area contributed by atoms with Crippen LogP contribution >= 0.6 is 11.6 Å². The van der Waals surface area contributed by atoms with Gasteiger partial charge in [-0.3, -0.25) is 0 Å². The number of hydrogen-bond acceptors (Lipinski definition) is 7. The molecule has 20 heavy (non-hydrogen) atoms. The van der Waals surface area contributed by atoms with Gasteiger partial charge in [0.2, 0.25) is 5.95 Å². The highest BCUT2D eigenvalue weighted by Gasteiger charge is 2.34. The molecule has 3 N–H and O–H groups in total. The van der Waals surface area contributed by atoms with Crippen LogP contribution in [0.2, 0.25) is 5.15 Å². The maximum absolute atomic E-state index is 11.7. The van der Waals surface area contributed by atoms with Crippen LogP contribution in [0.15, 0.2) is 0 Å². The van der Waals surface area contributed by atoms with Gasteiger partial charge in [0.1, 0.15) is 5.60 Å². The number of ether oxygens (including phenoxy) is 1. The second kappa shape index (κ2) is 5.28. The van der Waals surface area contributed by atoms with Crippen LogP contribution in [0.25, 0.3) is 0 Å². The van der Waals surface area contributed by atoms with Gasteiger partial charge in [-0.15, -0.1) is 10.2 Å². The molecule has 1 fully saturated rings. The molecule has 1 saturated heterocycles. The lowest BCUT2D eigenvalue weighted by atomic mass is 10.1. The fourth-order valence-electron chi connectivity index (χ4n) is 1.61. The molecule has 1 aliphatic heterocycles. The molecule has 0 spiro atoms. The van der Waals surface area contributed by atoms with Gasteiger partial charge in [-0.1, -0.05) is 11.6 Å². The summed E-state index contributed by atoms with van der Waals surface area (Å²) < 4.78 is 5.25. The molecule has 0 radical (unpaired) electrons. The van der Waals surface area contributed by atoms with Crippen LogP contribution in [0.5, 0.6) is 0 Å². The molecule has 0 aromatic carbocycles. The predicted molar refractivity (Wildman–Crippen MR) is 74.5 cm³/mol. The largest absolute Gasteiger partial charge is 0.444 e. The summed E-state index contributed by atoms with van der Waals surface area (Å²) in [4.78, 5) is 17.3. The number of nitrogen functional groups attached to an aromatic ring is 1. The maximum Gasteiger partial charge on any atom is 0.410 e. The van der Waals surface area contributed by atoms with Gasteiger partial charge in [0.05, 0.1) is 6.04 Å². The molecule has 1 aromatic rings. The molecule has 2 heterocycles. The number of aromatic nitrogens is 3. The van der Waals surface area contributed by atoms with Gasteiger partial charge >= 0.3 is 6.09 Å². The van der Waals surface area contributed by atoms with E-state index in [4.69, 9.17) is 22.1 Å². The molecular formula is C11H17ClN6O2. The molecule has 1 aromatic heterocycles. The quantitative estimate of drug-likeness (QED) is 0.843. The zero-order chi connectivity index (χ0) is 14.9. The van der Waals surface area contributed by atoms with E-state index in [-0.39, 0.29) is 23.1 Å². The number of nitrogens with one attached hydrogen (secondary N) is 1. The number of likely N-dealkylation sites (tertiary alicyclic amines) is 1. The van der Waals surface area contributed by atoms with Crippen molar-refractivity contribution >= 4 is 29.5 Å². The first-order chi connectivity index (χ1) is 9.24. The number of nitrogens with two attached hydrogens (primary N) is 1. The van der Waals surface area contributed by atoms with Gasteiger partial charge in [0.15, 0.2) is 11.0 Å². The number of rotatable bonds is 2. The number of anilines is 2. The van der Waals surface area contributed by atoms with E-state index in [0.717, 1.165) is 0 Å². The molecule has 0 saturated carbocycles. The third kappa shape index (κ3) is 3.60. The van der Waals surface area contributed by atoms with Crippen molar-refractivity contribution in [3.8, 4) is 0 Å². The summed E-state index contributed by atoms with van der Waals surface area (Å²) in [7, 11) is 0. The van der Waals surface area contributed by atoms with Crippen molar-refractivity contribution in [2.45, 2.75) is 32.4 Å². The van der Waals surface area contributed by atoms with Crippen molar-refractivity contribution in [1.29, 1.82) is 0 Å². The molecule has 8 nitrogen and oxygen atoms in total. The Hall–Kier alpha value is -1.83. The Kier molecular flexibility index (Phi) is 3.85. The van der Waals surface area contributed by atoms with E-state index in [2.05, 4.69) is 20.5 Å². The predicted octanol–water partition coefficient (Wildman–Crippen LogP) is 1.14. The minimum Gasteiger partial charge on any atom is -0.444 e. The van der Waals surface area contributed by atoms with E-state index >= 15 is 0 Å². The smallest absolute Gasteiger partial charge is 0.410 e. The van der Waals surface area contributed by atoms with Gasteiger partial charge in [-0.2, -0.15) is 4.98 Å². The lowest BCUT2D eigenvalue weighted by Gasteiger charge is -2.39. The Morgan fingerprint density at radius 3 is 2.65 bits per heavy atom. The number of carbonyl (C=O) groups excluding carboxylic acids is 1. The summed E-state index contributed by atoms with van der Waals surface area (Å²) in [6.45, 7) is 6.52. The molecule has 0 aliphatic carbocycles. The summed E-state index contributed by atoms with van der Waals surface area (Å²) in [5, 5.41) is 10.5. The highest BCUT2D eigenvalue weighted by Crippen LogP contribution is 2.18. The molecule has 0 bridgehead atoms. The van der Waals surface area contributed by atoms with Gasteiger partial charge in [-0.05, 0) is 20.8 Å². The van der Waals surface area contributed by atoms with Crippen LogP contribution in [-0.4, -0.2) is 50.9 Å². The SMILES string of the molecule is CC(C)(C)OC(=O)N1CC(Nc2nnc(Cl)c(N)n2)C1. The number of amides is 1. The summed E-state index contributed by atoms with van der Waals surface area (Å²) in [5.74, 6) is 0.410. The number of carbonyl (C=O) groups is 1. The first-order valence-corrected chi connectivity index (χ1v) is 6.52. The molecular weight excluding hydrogens is 284 g/mol. The molecule has 0 atom stereocenters. The second-order valence-electron chi connectivity index (χ2n) is 5.54. The Bertz CT molecular complexity index is 512. The Morgan fingerprint density at radius 2 is 2.10 bits per heavy atom. The molecule has 1 amide bonds. The molecule has 0 unspecified atom stereocenters. The lowest BCUT2D eigenvalue weighted by molar-refractivity contribution is 0.0104. The fraction of sp³-hybridized carbons (Fsp3) is 0.636. The van der Waals surface area contributed by atoms with Crippen molar-refractivity contribution < 1.29 is 9.53 Å². The van der Waals surface area contributed by atoms with Crippen molar-refractivity contribution in [3.05, 3.63) is 5.15 Å². The zero-order valence-electron chi connectivity index (χ0n) is 11.6. The van der Waals surface area contributed by atoms with Crippen LogP contribution in [0.1, 0.15) is 20.8 Å². The number of halogens is 1. The summed E-state index contributed by atoms with van der Waals surface area (Å²) in [5.41, 5.74) is 5.04. The lowest BCUT2D eigenvalue weighted by Crippen LogP contribution is -2.58. The van der Waals surface area contributed by atoms with Crippen molar-refractivity contribution in [2.24, 2.45) is 0 Å². The molecule has 1 aliphatic rings. The fourth-order valence-corrected chi connectivity index (χ4v) is 1.69. The van der Waals surface area contributed by atoms with Crippen LogP contribution in [0.4, 0.5) is 16.6 Å².